The molecule has 2 atom stereocenters. The molecule has 0 aliphatic carbocycles. The number of hydrogen-bond donors (Lipinski definition) is 1. The van der Waals surface area contributed by atoms with Gasteiger partial charge in [-0.3, -0.25) is 9.69 Å². The molecule has 0 aliphatic rings. The quantitative estimate of drug-likeness (QED) is 0.594. The number of ether oxygens (including phenoxy) is 1. The van der Waals surface area contributed by atoms with Crippen LogP contribution < -0.4 is 10.3 Å². The van der Waals surface area contributed by atoms with Crippen LogP contribution in [0.15, 0.2) is 64.6 Å². The average Bonchev–Trinajstić information content (AvgIpc) is 2.72. The van der Waals surface area contributed by atoms with Gasteiger partial charge in [0.2, 0.25) is 5.56 Å². The molecular formula is C22H25N3O3. The zero-order valence-electron chi connectivity index (χ0n) is 16.4. The van der Waals surface area contributed by atoms with Crippen molar-refractivity contribution in [3.05, 3.63) is 81.0 Å². The standard InChI is InChI=1S/C22H25N3O3/c1-4-20(25(2)14-15-5-9-18(28-3)10-6-15)22(24-27)17-7-11-19-16(13-17)8-12-21(26)23-19/h5-13,20,22H,4,14H2,1-3H3,(H,23,26). The molecule has 28 heavy (non-hydrogen) atoms. The molecule has 2 unspecified atom stereocenters. The van der Waals surface area contributed by atoms with Gasteiger partial charge < -0.3 is 9.72 Å². The second kappa shape index (κ2) is 8.80. The fraction of sp³-hybridized carbons (Fsp3) is 0.318. The van der Waals surface area contributed by atoms with Crippen LogP contribution in [0.2, 0.25) is 0 Å². The summed E-state index contributed by atoms with van der Waals surface area (Å²) in [6.45, 7) is 2.77. The minimum atomic E-state index is -0.496. The van der Waals surface area contributed by atoms with E-state index in [0.717, 1.165) is 34.2 Å². The number of nitrogens with zero attached hydrogens (tertiary/aromatic N) is 2. The average molecular weight is 379 g/mol. The van der Waals surface area contributed by atoms with Crippen LogP contribution in [0.25, 0.3) is 10.9 Å². The highest BCUT2D eigenvalue weighted by Crippen LogP contribution is 2.29. The van der Waals surface area contributed by atoms with Gasteiger partial charge in [-0.1, -0.05) is 30.3 Å². The molecule has 3 aromatic rings. The Bertz CT molecular complexity index is 998. The maximum absolute atomic E-state index is 11.8. The van der Waals surface area contributed by atoms with Gasteiger partial charge in [0.15, 0.2) is 0 Å². The molecule has 0 saturated carbocycles. The molecule has 6 nitrogen and oxygen atoms in total. The van der Waals surface area contributed by atoms with Gasteiger partial charge in [-0.05, 0) is 60.3 Å². The van der Waals surface area contributed by atoms with Crippen molar-refractivity contribution in [1.82, 2.24) is 9.88 Å². The molecule has 0 radical (unpaired) electrons. The lowest BCUT2D eigenvalue weighted by Crippen LogP contribution is -2.35. The summed E-state index contributed by atoms with van der Waals surface area (Å²) >= 11 is 0. The van der Waals surface area contributed by atoms with Crippen LogP contribution in [0.5, 0.6) is 5.75 Å². The largest absolute Gasteiger partial charge is 0.497 e. The van der Waals surface area contributed by atoms with Crippen LogP contribution in [0.3, 0.4) is 0 Å². The maximum atomic E-state index is 11.8. The summed E-state index contributed by atoms with van der Waals surface area (Å²) in [6.07, 6.45) is 0.784. The Morgan fingerprint density at radius 2 is 1.86 bits per heavy atom. The van der Waals surface area contributed by atoms with Gasteiger partial charge >= 0.3 is 0 Å². The highest BCUT2D eigenvalue weighted by molar-refractivity contribution is 5.79. The summed E-state index contributed by atoms with van der Waals surface area (Å²) in [4.78, 5) is 28.2. The fourth-order valence-corrected chi connectivity index (χ4v) is 3.62. The molecule has 0 bridgehead atoms. The minimum absolute atomic E-state index is 0.0418. The SMILES string of the molecule is CCC(C(N=O)c1ccc2[nH]c(=O)ccc2c1)N(C)Cc1ccc(OC)cc1. The predicted molar refractivity (Wildman–Crippen MR) is 112 cm³/mol. The van der Waals surface area contributed by atoms with Gasteiger partial charge in [0.1, 0.15) is 11.8 Å². The van der Waals surface area contributed by atoms with E-state index in [1.54, 1.807) is 13.2 Å². The maximum Gasteiger partial charge on any atom is 0.248 e. The lowest BCUT2D eigenvalue weighted by molar-refractivity contribution is 0.197. The lowest BCUT2D eigenvalue weighted by Gasteiger charge is -2.30. The number of hydrogen-bond acceptors (Lipinski definition) is 5. The molecule has 2 aromatic carbocycles. The molecule has 6 heteroatoms. The van der Waals surface area contributed by atoms with Gasteiger partial charge in [-0.15, -0.1) is 0 Å². The molecule has 1 aromatic heterocycles. The summed E-state index contributed by atoms with van der Waals surface area (Å²) in [5, 5.41) is 4.35. The summed E-state index contributed by atoms with van der Waals surface area (Å²) in [7, 11) is 3.66. The number of aromatic nitrogens is 1. The molecule has 0 aliphatic heterocycles. The van der Waals surface area contributed by atoms with Crippen LogP contribution in [-0.2, 0) is 6.54 Å². The van der Waals surface area contributed by atoms with E-state index < -0.39 is 6.04 Å². The molecule has 1 N–H and O–H groups in total. The van der Waals surface area contributed by atoms with Crippen LogP contribution >= 0.6 is 0 Å². The van der Waals surface area contributed by atoms with Crippen molar-refractivity contribution in [2.24, 2.45) is 5.18 Å². The first-order valence-corrected chi connectivity index (χ1v) is 9.34. The van der Waals surface area contributed by atoms with E-state index in [-0.39, 0.29) is 11.6 Å². The van der Waals surface area contributed by atoms with Crippen LogP contribution in [0, 0.1) is 4.91 Å². The van der Waals surface area contributed by atoms with Gasteiger partial charge in [-0.2, -0.15) is 4.91 Å². The first-order valence-electron chi connectivity index (χ1n) is 9.34. The Morgan fingerprint density at radius 3 is 2.50 bits per heavy atom. The Hall–Kier alpha value is -2.99. The number of H-pyrrole nitrogens is 1. The van der Waals surface area contributed by atoms with Crippen LogP contribution in [0.4, 0.5) is 0 Å². The van der Waals surface area contributed by atoms with Crippen molar-refractivity contribution in [2.75, 3.05) is 14.2 Å². The number of methoxy groups -OCH3 is 1. The number of likely N-dealkylation sites (N-methyl/N-ethyl adjacent to an activating group) is 1. The lowest BCUT2D eigenvalue weighted by atomic mass is 9.95. The van der Waals surface area contributed by atoms with Crippen molar-refractivity contribution >= 4 is 10.9 Å². The molecule has 0 saturated heterocycles. The van der Waals surface area contributed by atoms with Gasteiger partial charge in [0.05, 0.1) is 7.11 Å². The number of benzene rings is 2. The predicted octanol–water partition coefficient (Wildman–Crippen LogP) is 4.25. The zero-order chi connectivity index (χ0) is 20.1. The van der Waals surface area contributed by atoms with Crippen molar-refractivity contribution in [2.45, 2.75) is 32.0 Å². The summed E-state index contributed by atoms with van der Waals surface area (Å²) in [5.41, 5.74) is 2.60. The normalized spacial score (nSPS) is 13.4. The van der Waals surface area contributed by atoms with E-state index in [1.807, 2.05) is 49.5 Å². The third-order valence-electron chi connectivity index (χ3n) is 5.14. The van der Waals surface area contributed by atoms with E-state index >= 15 is 0 Å². The number of nitrogens with one attached hydrogen (secondary N) is 1. The highest BCUT2D eigenvalue weighted by atomic mass is 16.5. The van der Waals surface area contributed by atoms with E-state index in [4.69, 9.17) is 4.74 Å². The molecule has 0 spiro atoms. The molecule has 0 fully saturated rings. The van der Waals surface area contributed by atoms with Gasteiger partial charge in [0.25, 0.3) is 0 Å². The highest BCUT2D eigenvalue weighted by Gasteiger charge is 2.27. The zero-order valence-corrected chi connectivity index (χ0v) is 16.4. The van der Waals surface area contributed by atoms with E-state index in [0.29, 0.717) is 6.54 Å². The Labute approximate surface area is 164 Å². The molecule has 1 heterocycles. The van der Waals surface area contributed by atoms with Crippen molar-refractivity contribution in [3.63, 3.8) is 0 Å². The third kappa shape index (κ3) is 4.28. The van der Waals surface area contributed by atoms with E-state index in [2.05, 4.69) is 22.0 Å². The number of nitroso groups, excluding NO2 is 1. The first kappa shape index (κ1) is 19.8. The number of fused-ring (bicyclic) bond motifs is 1. The van der Waals surface area contributed by atoms with E-state index in [1.165, 1.54) is 6.07 Å². The van der Waals surface area contributed by atoms with Crippen LogP contribution in [0.1, 0.15) is 30.5 Å². The minimum Gasteiger partial charge on any atom is -0.497 e. The summed E-state index contributed by atoms with van der Waals surface area (Å²) in [5.74, 6) is 0.820. The van der Waals surface area contributed by atoms with Gasteiger partial charge in [-0.25, -0.2) is 0 Å². The Kier molecular flexibility index (Phi) is 6.21. The molecular weight excluding hydrogens is 354 g/mol. The number of aromatic amines is 1. The van der Waals surface area contributed by atoms with Gasteiger partial charge in [0, 0.05) is 24.2 Å². The number of rotatable bonds is 8. The van der Waals surface area contributed by atoms with Crippen LogP contribution in [-0.4, -0.2) is 30.1 Å². The summed E-state index contributed by atoms with van der Waals surface area (Å²) in [6, 6.07) is 16.3. The molecule has 146 valence electrons. The second-order valence-corrected chi connectivity index (χ2v) is 6.96. The Balaban J connectivity index is 1.84. The van der Waals surface area contributed by atoms with Crippen molar-refractivity contribution in [1.29, 1.82) is 0 Å². The van der Waals surface area contributed by atoms with Crippen molar-refractivity contribution < 1.29 is 4.74 Å². The summed E-state index contributed by atoms with van der Waals surface area (Å²) < 4.78 is 5.21. The fourth-order valence-electron chi connectivity index (χ4n) is 3.62. The second-order valence-electron chi connectivity index (χ2n) is 6.96. The van der Waals surface area contributed by atoms with E-state index in [9.17, 15) is 9.70 Å². The smallest absolute Gasteiger partial charge is 0.248 e. The third-order valence-corrected chi connectivity index (χ3v) is 5.14. The number of pyridine rings is 1. The molecule has 0 amide bonds. The Morgan fingerprint density at radius 1 is 1.11 bits per heavy atom. The molecule has 3 rings (SSSR count). The topological polar surface area (TPSA) is 74.8 Å². The first-order chi connectivity index (χ1) is 13.5. The monoisotopic (exact) mass is 379 g/mol. The van der Waals surface area contributed by atoms with Crippen molar-refractivity contribution in [3.8, 4) is 5.75 Å².